The second-order valence-electron chi connectivity index (χ2n) is 5.98. The van der Waals surface area contributed by atoms with E-state index >= 15 is 0 Å². The Morgan fingerprint density at radius 2 is 1.78 bits per heavy atom. The molecular weight excluding hydrogens is 290 g/mol. The Bertz CT molecular complexity index is 694. The number of aryl methyl sites for hydroxylation is 1. The third kappa shape index (κ3) is 3.68. The monoisotopic (exact) mass is 311 g/mol. The van der Waals surface area contributed by atoms with E-state index in [0.29, 0.717) is 0 Å². The van der Waals surface area contributed by atoms with Gasteiger partial charge in [-0.05, 0) is 24.1 Å². The lowest BCUT2D eigenvalue weighted by atomic mass is 10.1. The van der Waals surface area contributed by atoms with Crippen LogP contribution in [-0.2, 0) is 6.54 Å². The molecule has 0 atom stereocenters. The summed E-state index contributed by atoms with van der Waals surface area (Å²) in [7, 11) is 0. The number of nitro benzene ring substituents is 1. The smallest absolute Gasteiger partial charge is 0.269 e. The number of non-ortho nitro benzene ring substituents is 1. The summed E-state index contributed by atoms with van der Waals surface area (Å²) in [6, 6.07) is 15.4. The standard InChI is InChI=1S/C18H21N3O2/c1-15-5-2-3-8-18(15)20-11-9-19(10-12-20)14-16-6-4-7-17(13-16)21(22)23/h2-8,13H,9-12,14H2,1H3. The highest BCUT2D eigenvalue weighted by atomic mass is 16.6. The number of nitrogens with zero attached hydrogens (tertiary/aromatic N) is 3. The van der Waals surface area contributed by atoms with Crippen molar-refractivity contribution in [2.75, 3.05) is 31.1 Å². The zero-order valence-electron chi connectivity index (χ0n) is 13.3. The molecule has 0 radical (unpaired) electrons. The molecule has 5 nitrogen and oxygen atoms in total. The van der Waals surface area contributed by atoms with E-state index in [2.05, 4.69) is 41.0 Å². The molecule has 0 spiro atoms. The van der Waals surface area contributed by atoms with Crippen molar-refractivity contribution in [1.29, 1.82) is 0 Å². The SMILES string of the molecule is Cc1ccccc1N1CCN(Cc2cccc([N+](=O)[O-])c2)CC1. The van der Waals surface area contributed by atoms with Crippen LogP contribution < -0.4 is 4.90 Å². The fraction of sp³-hybridized carbons (Fsp3) is 0.333. The number of hydrogen-bond acceptors (Lipinski definition) is 4. The van der Waals surface area contributed by atoms with Gasteiger partial charge in [-0.25, -0.2) is 0 Å². The van der Waals surface area contributed by atoms with Crippen LogP contribution in [0.25, 0.3) is 0 Å². The van der Waals surface area contributed by atoms with Crippen LogP contribution in [-0.4, -0.2) is 36.0 Å². The maximum absolute atomic E-state index is 10.9. The van der Waals surface area contributed by atoms with Crippen molar-refractivity contribution in [3.8, 4) is 0 Å². The second-order valence-corrected chi connectivity index (χ2v) is 5.98. The largest absolute Gasteiger partial charge is 0.369 e. The first-order valence-corrected chi connectivity index (χ1v) is 7.90. The molecule has 0 saturated carbocycles. The van der Waals surface area contributed by atoms with Gasteiger partial charge in [0.1, 0.15) is 0 Å². The molecule has 0 N–H and O–H groups in total. The molecule has 2 aromatic rings. The Balaban J connectivity index is 1.60. The van der Waals surface area contributed by atoms with E-state index < -0.39 is 0 Å². The van der Waals surface area contributed by atoms with Crippen molar-refractivity contribution in [3.63, 3.8) is 0 Å². The van der Waals surface area contributed by atoms with Crippen molar-refractivity contribution in [2.24, 2.45) is 0 Å². The Hall–Kier alpha value is -2.40. The molecule has 5 heteroatoms. The molecule has 1 fully saturated rings. The van der Waals surface area contributed by atoms with Gasteiger partial charge >= 0.3 is 0 Å². The van der Waals surface area contributed by atoms with Crippen LogP contribution in [0.1, 0.15) is 11.1 Å². The van der Waals surface area contributed by atoms with Crippen LogP contribution in [0.2, 0.25) is 0 Å². The minimum Gasteiger partial charge on any atom is -0.369 e. The molecule has 1 aliphatic rings. The van der Waals surface area contributed by atoms with Crippen LogP contribution in [0.15, 0.2) is 48.5 Å². The summed E-state index contributed by atoms with van der Waals surface area (Å²) in [5, 5.41) is 10.9. The molecule has 1 aliphatic heterocycles. The lowest BCUT2D eigenvalue weighted by molar-refractivity contribution is -0.384. The fourth-order valence-corrected chi connectivity index (χ4v) is 3.09. The average molecular weight is 311 g/mol. The van der Waals surface area contributed by atoms with Gasteiger partial charge in [-0.1, -0.05) is 30.3 Å². The average Bonchev–Trinajstić information content (AvgIpc) is 2.56. The quantitative estimate of drug-likeness (QED) is 0.642. The summed E-state index contributed by atoms with van der Waals surface area (Å²) < 4.78 is 0. The lowest BCUT2D eigenvalue weighted by Gasteiger charge is -2.36. The molecule has 1 saturated heterocycles. The topological polar surface area (TPSA) is 49.6 Å². The van der Waals surface area contributed by atoms with Gasteiger partial charge in [0.05, 0.1) is 4.92 Å². The maximum atomic E-state index is 10.9. The molecule has 120 valence electrons. The van der Waals surface area contributed by atoms with Gasteiger partial charge in [0.25, 0.3) is 5.69 Å². The summed E-state index contributed by atoms with van der Waals surface area (Å²) >= 11 is 0. The first-order valence-electron chi connectivity index (χ1n) is 7.90. The minimum atomic E-state index is -0.334. The predicted octanol–water partition coefficient (Wildman–Crippen LogP) is 3.23. The van der Waals surface area contributed by atoms with E-state index in [9.17, 15) is 10.1 Å². The second kappa shape index (κ2) is 6.79. The van der Waals surface area contributed by atoms with Crippen molar-refractivity contribution >= 4 is 11.4 Å². The molecule has 0 unspecified atom stereocenters. The van der Waals surface area contributed by atoms with Crippen LogP contribution in [0.3, 0.4) is 0 Å². The molecule has 1 heterocycles. The minimum absolute atomic E-state index is 0.168. The van der Waals surface area contributed by atoms with E-state index in [0.717, 1.165) is 38.3 Å². The van der Waals surface area contributed by atoms with Crippen molar-refractivity contribution in [2.45, 2.75) is 13.5 Å². The zero-order valence-corrected chi connectivity index (χ0v) is 13.3. The number of para-hydroxylation sites is 1. The number of anilines is 1. The normalized spacial score (nSPS) is 15.6. The number of nitro groups is 1. The molecule has 0 aliphatic carbocycles. The summed E-state index contributed by atoms with van der Waals surface area (Å²) in [6.07, 6.45) is 0. The first-order chi connectivity index (χ1) is 11.1. The van der Waals surface area contributed by atoms with E-state index in [1.807, 2.05) is 6.07 Å². The molecule has 3 rings (SSSR count). The lowest BCUT2D eigenvalue weighted by Crippen LogP contribution is -2.46. The number of piperazine rings is 1. The first kappa shape index (κ1) is 15.5. The van der Waals surface area contributed by atoms with E-state index in [1.54, 1.807) is 18.2 Å². The van der Waals surface area contributed by atoms with Gasteiger partial charge in [0, 0.05) is 50.5 Å². The fourth-order valence-electron chi connectivity index (χ4n) is 3.09. The van der Waals surface area contributed by atoms with Crippen molar-refractivity contribution < 1.29 is 4.92 Å². The Morgan fingerprint density at radius 1 is 1.04 bits per heavy atom. The Morgan fingerprint density at radius 3 is 2.48 bits per heavy atom. The summed E-state index contributed by atoms with van der Waals surface area (Å²) in [6.45, 7) is 6.82. The molecular formula is C18H21N3O2. The Kier molecular flexibility index (Phi) is 4.57. The van der Waals surface area contributed by atoms with Crippen molar-refractivity contribution in [3.05, 3.63) is 69.8 Å². The molecule has 2 aromatic carbocycles. The van der Waals surface area contributed by atoms with Gasteiger partial charge in [-0.15, -0.1) is 0 Å². The third-order valence-corrected chi connectivity index (χ3v) is 4.36. The zero-order chi connectivity index (χ0) is 16.2. The van der Waals surface area contributed by atoms with Crippen molar-refractivity contribution in [1.82, 2.24) is 4.90 Å². The van der Waals surface area contributed by atoms with Gasteiger partial charge in [-0.3, -0.25) is 15.0 Å². The van der Waals surface area contributed by atoms with Crippen LogP contribution in [0.4, 0.5) is 11.4 Å². The molecule has 0 amide bonds. The van der Waals surface area contributed by atoms with Crippen LogP contribution in [0, 0.1) is 17.0 Å². The van der Waals surface area contributed by atoms with Crippen LogP contribution >= 0.6 is 0 Å². The van der Waals surface area contributed by atoms with Gasteiger partial charge in [-0.2, -0.15) is 0 Å². The number of rotatable bonds is 4. The maximum Gasteiger partial charge on any atom is 0.269 e. The van der Waals surface area contributed by atoms with E-state index in [1.165, 1.54) is 11.3 Å². The third-order valence-electron chi connectivity index (χ3n) is 4.36. The molecule has 0 bridgehead atoms. The number of benzene rings is 2. The van der Waals surface area contributed by atoms with Crippen LogP contribution in [0.5, 0.6) is 0 Å². The molecule has 23 heavy (non-hydrogen) atoms. The highest BCUT2D eigenvalue weighted by molar-refractivity contribution is 5.53. The highest BCUT2D eigenvalue weighted by Crippen LogP contribution is 2.22. The predicted molar refractivity (Wildman–Crippen MR) is 91.8 cm³/mol. The van der Waals surface area contributed by atoms with E-state index in [4.69, 9.17) is 0 Å². The summed E-state index contributed by atoms with van der Waals surface area (Å²) in [5.41, 5.74) is 3.78. The van der Waals surface area contributed by atoms with Gasteiger partial charge in [0.15, 0.2) is 0 Å². The summed E-state index contributed by atoms with van der Waals surface area (Å²) in [5.74, 6) is 0. The summed E-state index contributed by atoms with van der Waals surface area (Å²) in [4.78, 5) is 15.3. The van der Waals surface area contributed by atoms with E-state index in [-0.39, 0.29) is 10.6 Å². The number of hydrogen-bond donors (Lipinski definition) is 0. The van der Waals surface area contributed by atoms with Gasteiger partial charge < -0.3 is 4.90 Å². The highest BCUT2D eigenvalue weighted by Gasteiger charge is 2.18. The molecule has 0 aromatic heterocycles. The Labute approximate surface area is 136 Å². The van der Waals surface area contributed by atoms with Gasteiger partial charge in [0.2, 0.25) is 0 Å².